The van der Waals surface area contributed by atoms with E-state index < -0.39 is 0 Å². The quantitative estimate of drug-likeness (QED) is 0.432. The molecule has 1 aromatic carbocycles. The molecular weight excluding hydrogens is 581 g/mol. The first-order valence-corrected chi connectivity index (χ1v) is 9.25. The maximum atomic E-state index is 6.08. The molecule has 2 heterocycles. The SMILES string of the molecule is Br.Br.Br.Clc1ccc(CCN2CCN(CCc3ccccn3)CC2)cc1Cl. The third-order valence-electron chi connectivity index (χ3n) is 4.58. The second-order valence-corrected chi connectivity index (χ2v) is 7.07. The molecule has 0 radical (unpaired) electrons. The predicted molar refractivity (Wildman–Crippen MR) is 132 cm³/mol. The number of nitrogens with zero attached hydrogens (tertiary/aromatic N) is 3. The first kappa shape index (κ1) is 27.3. The van der Waals surface area contributed by atoms with Gasteiger partial charge in [-0.05, 0) is 36.2 Å². The highest BCUT2D eigenvalue weighted by atomic mass is 79.9. The number of benzene rings is 1. The van der Waals surface area contributed by atoms with Crippen LogP contribution in [0.25, 0.3) is 0 Å². The Bertz CT molecular complexity index is 654. The average molecular weight is 607 g/mol. The summed E-state index contributed by atoms with van der Waals surface area (Å²) in [6.07, 6.45) is 3.92. The van der Waals surface area contributed by atoms with E-state index in [1.807, 2.05) is 24.4 Å². The molecule has 0 N–H and O–H groups in total. The van der Waals surface area contributed by atoms with Gasteiger partial charge in [0.15, 0.2) is 0 Å². The lowest BCUT2D eigenvalue weighted by atomic mass is 10.1. The van der Waals surface area contributed by atoms with Crippen LogP contribution in [-0.4, -0.2) is 54.1 Å². The Morgan fingerprint density at radius 2 is 1.41 bits per heavy atom. The Kier molecular flexibility index (Phi) is 14.5. The summed E-state index contributed by atoms with van der Waals surface area (Å²) < 4.78 is 0. The Balaban J connectivity index is 0.00000225. The number of hydrogen-bond acceptors (Lipinski definition) is 3. The number of hydrogen-bond donors (Lipinski definition) is 0. The lowest BCUT2D eigenvalue weighted by Gasteiger charge is -2.34. The molecule has 0 saturated carbocycles. The van der Waals surface area contributed by atoms with Gasteiger partial charge in [0, 0.05) is 57.6 Å². The minimum atomic E-state index is 0. The lowest BCUT2D eigenvalue weighted by molar-refractivity contribution is 0.134. The Morgan fingerprint density at radius 3 is 1.96 bits per heavy atom. The molecule has 27 heavy (non-hydrogen) atoms. The Labute approximate surface area is 203 Å². The third-order valence-corrected chi connectivity index (χ3v) is 5.31. The van der Waals surface area contributed by atoms with Crippen molar-refractivity contribution >= 4 is 74.1 Å². The van der Waals surface area contributed by atoms with Crippen molar-refractivity contribution in [2.45, 2.75) is 12.8 Å². The van der Waals surface area contributed by atoms with Crippen LogP contribution in [0.1, 0.15) is 11.3 Å². The largest absolute Gasteiger partial charge is 0.300 e. The number of rotatable bonds is 6. The van der Waals surface area contributed by atoms with E-state index in [-0.39, 0.29) is 50.9 Å². The first-order valence-electron chi connectivity index (χ1n) is 8.49. The molecule has 0 aliphatic carbocycles. The number of halogens is 5. The molecule has 1 aliphatic rings. The molecule has 1 saturated heterocycles. The molecule has 0 atom stereocenters. The van der Waals surface area contributed by atoms with Crippen molar-refractivity contribution in [3.63, 3.8) is 0 Å². The number of aromatic nitrogens is 1. The van der Waals surface area contributed by atoms with Gasteiger partial charge in [0.25, 0.3) is 0 Å². The van der Waals surface area contributed by atoms with Crippen LogP contribution in [0.5, 0.6) is 0 Å². The first-order chi connectivity index (χ1) is 11.7. The number of pyridine rings is 1. The molecule has 3 rings (SSSR count). The maximum absolute atomic E-state index is 6.08. The zero-order valence-electron chi connectivity index (χ0n) is 15.0. The molecule has 152 valence electrons. The van der Waals surface area contributed by atoms with E-state index >= 15 is 0 Å². The van der Waals surface area contributed by atoms with Gasteiger partial charge in [-0.3, -0.25) is 4.98 Å². The molecule has 1 aromatic heterocycles. The minimum absolute atomic E-state index is 0. The molecule has 0 unspecified atom stereocenters. The highest BCUT2D eigenvalue weighted by molar-refractivity contribution is 8.93. The second-order valence-electron chi connectivity index (χ2n) is 6.25. The maximum Gasteiger partial charge on any atom is 0.0595 e. The lowest BCUT2D eigenvalue weighted by Crippen LogP contribution is -2.47. The van der Waals surface area contributed by atoms with E-state index in [0.717, 1.165) is 52.1 Å². The second kappa shape index (κ2) is 14.3. The van der Waals surface area contributed by atoms with Gasteiger partial charge >= 0.3 is 0 Å². The molecule has 0 amide bonds. The summed E-state index contributed by atoms with van der Waals surface area (Å²) in [4.78, 5) is 9.46. The van der Waals surface area contributed by atoms with E-state index in [0.29, 0.717) is 10.0 Å². The van der Waals surface area contributed by atoms with Crippen LogP contribution in [0.3, 0.4) is 0 Å². The topological polar surface area (TPSA) is 19.4 Å². The summed E-state index contributed by atoms with van der Waals surface area (Å²) in [5, 5.41) is 1.27. The van der Waals surface area contributed by atoms with Gasteiger partial charge in [-0.1, -0.05) is 35.3 Å². The van der Waals surface area contributed by atoms with E-state index in [9.17, 15) is 0 Å². The smallest absolute Gasteiger partial charge is 0.0595 e. The summed E-state index contributed by atoms with van der Waals surface area (Å²) in [6.45, 7) is 6.69. The summed E-state index contributed by atoms with van der Waals surface area (Å²) >= 11 is 12.0. The Hall–Kier alpha value is 0.310. The van der Waals surface area contributed by atoms with Gasteiger partial charge in [0.05, 0.1) is 10.0 Å². The fraction of sp³-hybridized carbons (Fsp3) is 0.421. The van der Waals surface area contributed by atoms with Crippen molar-refractivity contribution in [3.8, 4) is 0 Å². The van der Waals surface area contributed by atoms with Crippen LogP contribution in [-0.2, 0) is 12.8 Å². The van der Waals surface area contributed by atoms with Crippen molar-refractivity contribution in [1.82, 2.24) is 14.8 Å². The van der Waals surface area contributed by atoms with Crippen LogP contribution in [0, 0.1) is 0 Å². The highest BCUT2D eigenvalue weighted by Gasteiger charge is 2.16. The van der Waals surface area contributed by atoms with E-state index in [2.05, 4.69) is 33.0 Å². The van der Waals surface area contributed by atoms with Crippen LogP contribution >= 0.6 is 74.1 Å². The van der Waals surface area contributed by atoms with Crippen LogP contribution in [0.2, 0.25) is 10.0 Å². The minimum Gasteiger partial charge on any atom is -0.300 e. The molecular formula is C19H26Br3Cl2N3. The standard InChI is InChI=1S/C19H23Cl2N3.3BrH/c20-18-5-4-16(15-19(18)21)6-9-23-11-13-24(14-12-23)10-7-17-3-1-2-8-22-17;;;/h1-5,8,15H,6-7,9-14H2;3*1H. The van der Waals surface area contributed by atoms with E-state index in [4.69, 9.17) is 23.2 Å². The fourth-order valence-electron chi connectivity index (χ4n) is 3.04. The molecule has 1 aliphatic heterocycles. The van der Waals surface area contributed by atoms with E-state index in [1.54, 1.807) is 0 Å². The van der Waals surface area contributed by atoms with Gasteiger partial charge in [-0.25, -0.2) is 0 Å². The van der Waals surface area contributed by atoms with Gasteiger partial charge in [0.2, 0.25) is 0 Å². The Morgan fingerprint density at radius 1 is 0.778 bits per heavy atom. The normalized spacial score (nSPS) is 14.6. The van der Waals surface area contributed by atoms with Gasteiger partial charge < -0.3 is 9.80 Å². The fourth-order valence-corrected chi connectivity index (χ4v) is 3.36. The molecule has 3 nitrogen and oxygen atoms in total. The average Bonchev–Trinajstić information content (AvgIpc) is 2.63. The molecule has 0 bridgehead atoms. The van der Waals surface area contributed by atoms with Gasteiger partial charge in [-0.15, -0.1) is 50.9 Å². The van der Waals surface area contributed by atoms with Crippen molar-refractivity contribution in [3.05, 3.63) is 63.9 Å². The monoisotopic (exact) mass is 603 g/mol. The summed E-state index contributed by atoms with van der Waals surface area (Å²) in [5.41, 5.74) is 2.43. The molecule has 1 fully saturated rings. The zero-order valence-corrected chi connectivity index (χ0v) is 21.7. The van der Waals surface area contributed by atoms with Crippen molar-refractivity contribution in [2.24, 2.45) is 0 Å². The van der Waals surface area contributed by atoms with Crippen LogP contribution in [0.15, 0.2) is 42.6 Å². The van der Waals surface area contributed by atoms with Crippen LogP contribution < -0.4 is 0 Å². The molecule has 0 spiro atoms. The number of piperazine rings is 1. The van der Waals surface area contributed by atoms with Crippen LogP contribution in [0.4, 0.5) is 0 Å². The van der Waals surface area contributed by atoms with Crippen molar-refractivity contribution in [1.29, 1.82) is 0 Å². The molecule has 2 aromatic rings. The van der Waals surface area contributed by atoms with E-state index in [1.165, 1.54) is 11.3 Å². The summed E-state index contributed by atoms with van der Waals surface area (Å²) in [6, 6.07) is 12.1. The summed E-state index contributed by atoms with van der Waals surface area (Å²) in [7, 11) is 0. The predicted octanol–water partition coefficient (Wildman–Crippen LogP) is 5.52. The zero-order chi connectivity index (χ0) is 16.8. The van der Waals surface area contributed by atoms with Crippen molar-refractivity contribution < 1.29 is 0 Å². The van der Waals surface area contributed by atoms with Crippen molar-refractivity contribution in [2.75, 3.05) is 39.3 Å². The van der Waals surface area contributed by atoms with Gasteiger partial charge in [-0.2, -0.15) is 0 Å². The third kappa shape index (κ3) is 9.11. The van der Waals surface area contributed by atoms with Gasteiger partial charge in [0.1, 0.15) is 0 Å². The summed E-state index contributed by atoms with van der Waals surface area (Å²) in [5.74, 6) is 0. The highest BCUT2D eigenvalue weighted by Crippen LogP contribution is 2.22. The molecule has 8 heteroatoms.